The molecule has 2 aliphatic carbocycles. The minimum Gasteiger partial charge on any atom is -0.378 e. The first-order valence-electron chi connectivity index (χ1n) is 12.5. The molecular formula is C25H42IN5O. The van der Waals surface area contributed by atoms with Crippen LogP contribution in [0.2, 0.25) is 0 Å². The van der Waals surface area contributed by atoms with Gasteiger partial charge in [0.25, 0.3) is 0 Å². The minimum atomic E-state index is 0. The molecule has 6 nitrogen and oxygen atoms in total. The number of pyridine rings is 1. The maximum absolute atomic E-state index is 6.14. The molecule has 2 atom stereocenters. The van der Waals surface area contributed by atoms with Gasteiger partial charge in [-0.3, -0.25) is 14.9 Å². The molecule has 1 aromatic heterocycles. The predicted octanol–water partition coefficient (Wildman–Crippen LogP) is 4.35. The Balaban J connectivity index is 0.00000289. The summed E-state index contributed by atoms with van der Waals surface area (Å²) < 4.78 is 6.14. The minimum absolute atomic E-state index is 0. The van der Waals surface area contributed by atoms with Gasteiger partial charge in [-0.25, -0.2) is 0 Å². The number of rotatable bonds is 7. The Morgan fingerprint density at radius 1 is 1.16 bits per heavy atom. The molecule has 32 heavy (non-hydrogen) atoms. The van der Waals surface area contributed by atoms with Gasteiger partial charge in [0.05, 0.1) is 11.8 Å². The Bertz CT molecular complexity index is 702. The van der Waals surface area contributed by atoms with Crippen LogP contribution in [0.4, 0.5) is 0 Å². The van der Waals surface area contributed by atoms with E-state index in [4.69, 9.17) is 9.73 Å². The lowest BCUT2D eigenvalue weighted by Crippen LogP contribution is -2.67. The van der Waals surface area contributed by atoms with Gasteiger partial charge in [-0.15, -0.1) is 24.0 Å². The molecule has 1 aromatic rings. The Hall–Kier alpha value is -0.930. The number of piperidine rings is 1. The number of aromatic nitrogens is 1. The second kappa shape index (κ2) is 12.5. The molecule has 7 heteroatoms. The van der Waals surface area contributed by atoms with Crippen LogP contribution in [0.25, 0.3) is 0 Å². The number of hydrogen-bond acceptors (Lipinski definition) is 4. The molecule has 1 saturated heterocycles. The van der Waals surface area contributed by atoms with Crippen LogP contribution in [0, 0.1) is 5.41 Å². The van der Waals surface area contributed by atoms with Crippen LogP contribution < -0.4 is 10.6 Å². The van der Waals surface area contributed by atoms with E-state index in [-0.39, 0.29) is 24.0 Å². The van der Waals surface area contributed by atoms with Gasteiger partial charge in [-0.2, -0.15) is 0 Å². The van der Waals surface area contributed by atoms with E-state index in [2.05, 4.69) is 46.5 Å². The van der Waals surface area contributed by atoms with E-state index in [1.54, 1.807) is 0 Å². The molecule has 0 bridgehead atoms. The summed E-state index contributed by atoms with van der Waals surface area (Å²) in [5.74, 6) is 1.01. The number of aliphatic imine (C=N–C) groups is 1. The van der Waals surface area contributed by atoms with E-state index in [0.29, 0.717) is 23.6 Å². The van der Waals surface area contributed by atoms with E-state index >= 15 is 0 Å². The highest BCUT2D eigenvalue weighted by molar-refractivity contribution is 14.0. The second-order valence-electron chi connectivity index (χ2n) is 9.51. The lowest BCUT2D eigenvalue weighted by atomic mass is 9.55. The zero-order chi connectivity index (χ0) is 21.5. The summed E-state index contributed by atoms with van der Waals surface area (Å²) in [6.07, 6.45) is 12.4. The zero-order valence-electron chi connectivity index (χ0n) is 19.9. The van der Waals surface area contributed by atoms with E-state index in [9.17, 15) is 0 Å². The number of ether oxygens (including phenoxy) is 1. The van der Waals surface area contributed by atoms with Crippen molar-refractivity contribution in [3.63, 3.8) is 0 Å². The molecule has 2 unspecified atom stereocenters. The molecule has 2 N–H and O–H groups in total. The molecule has 180 valence electrons. The molecule has 3 fully saturated rings. The van der Waals surface area contributed by atoms with Crippen LogP contribution in [0.1, 0.15) is 70.9 Å². The number of nitrogens with one attached hydrogen (secondary N) is 2. The number of guanidine groups is 1. The monoisotopic (exact) mass is 555 g/mol. The first-order valence-corrected chi connectivity index (χ1v) is 12.5. The first kappa shape index (κ1) is 25.7. The maximum Gasteiger partial charge on any atom is 0.191 e. The van der Waals surface area contributed by atoms with Crippen molar-refractivity contribution < 1.29 is 4.74 Å². The molecule has 4 rings (SSSR count). The molecule has 0 radical (unpaired) electrons. The molecular weight excluding hydrogens is 513 g/mol. The lowest BCUT2D eigenvalue weighted by molar-refractivity contribution is -0.145. The zero-order valence-corrected chi connectivity index (χ0v) is 22.2. The molecule has 2 saturated carbocycles. The Labute approximate surface area is 211 Å². The highest BCUT2D eigenvalue weighted by Crippen LogP contribution is 2.53. The summed E-state index contributed by atoms with van der Waals surface area (Å²) >= 11 is 0. The first-order chi connectivity index (χ1) is 15.2. The topological polar surface area (TPSA) is 61.8 Å². The highest BCUT2D eigenvalue weighted by atomic mass is 127. The van der Waals surface area contributed by atoms with Crippen molar-refractivity contribution in [1.29, 1.82) is 0 Å². The summed E-state index contributed by atoms with van der Waals surface area (Å²) in [7, 11) is 0. The molecule has 0 aromatic carbocycles. The van der Waals surface area contributed by atoms with Crippen LogP contribution in [-0.4, -0.2) is 60.3 Å². The standard InChI is InChI=1S/C25H41N5O.HI/c1-3-26-24(29-22-18-23(31-4-2)25(22)13-7-5-8-14-25)28-20-11-16-30(17-12-20)19-21-10-6-9-15-27-21;/h6,9-10,15,20,22-23H,3-5,7-8,11-14,16-19H2,1-2H3,(H2,26,28,29);1H. The van der Waals surface area contributed by atoms with Crippen molar-refractivity contribution in [3.8, 4) is 0 Å². The van der Waals surface area contributed by atoms with Gasteiger partial charge in [0.15, 0.2) is 5.96 Å². The van der Waals surface area contributed by atoms with Crippen LogP contribution in [0.15, 0.2) is 29.4 Å². The molecule has 0 amide bonds. The number of nitrogens with zero attached hydrogens (tertiary/aromatic N) is 3. The van der Waals surface area contributed by atoms with Crippen molar-refractivity contribution in [1.82, 2.24) is 20.5 Å². The average molecular weight is 556 g/mol. The second-order valence-corrected chi connectivity index (χ2v) is 9.51. The fraction of sp³-hybridized carbons (Fsp3) is 0.760. The van der Waals surface area contributed by atoms with Crippen LogP contribution in [0.5, 0.6) is 0 Å². The third kappa shape index (κ3) is 6.14. The van der Waals surface area contributed by atoms with Gasteiger partial charge in [0.2, 0.25) is 0 Å². The number of halogens is 1. The fourth-order valence-corrected chi connectivity index (χ4v) is 5.87. The van der Waals surface area contributed by atoms with Crippen molar-refractivity contribution >= 4 is 29.9 Å². The van der Waals surface area contributed by atoms with Crippen molar-refractivity contribution in [2.75, 3.05) is 26.2 Å². The van der Waals surface area contributed by atoms with Crippen molar-refractivity contribution in [2.45, 2.75) is 89.9 Å². The quantitative estimate of drug-likeness (QED) is 0.298. The van der Waals surface area contributed by atoms with Gasteiger partial charge in [0.1, 0.15) is 0 Å². The maximum atomic E-state index is 6.14. The van der Waals surface area contributed by atoms with E-state index < -0.39 is 0 Å². The van der Waals surface area contributed by atoms with Crippen molar-refractivity contribution in [2.24, 2.45) is 10.4 Å². The summed E-state index contributed by atoms with van der Waals surface area (Å²) in [4.78, 5) is 11.8. The van der Waals surface area contributed by atoms with E-state index in [0.717, 1.165) is 63.7 Å². The third-order valence-corrected chi connectivity index (χ3v) is 7.60. The summed E-state index contributed by atoms with van der Waals surface area (Å²) in [6.45, 7) is 9.04. The lowest BCUT2D eigenvalue weighted by Gasteiger charge is -2.58. The fourth-order valence-electron chi connectivity index (χ4n) is 5.87. The Kier molecular flexibility index (Phi) is 10.0. The van der Waals surface area contributed by atoms with Crippen LogP contribution in [-0.2, 0) is 11.3 Å². The van der Waals surface area contributed by atoms with E-state index in [1.807, 2.05) is 12.3 Å². The van der Waals surface area contributed by atoms with Crippen molar-refractivity contribution in [3.05, 3.63) is 30.1 Å². The van der Waals surface area contributed by atoms with Gasteiger partial charge < -0.3 is 15.4 Å². The number of hydrogen-bond donors (Lipinski definition) is 2. The van der Waals surface area contributed by atoms with Gasteiger partial charge in [0, 0.05) is 56.5 Å². The van der Waals surface area contributed by atoms with Gasteiger partial charge in [-0.1, -0.05) is 25.3 Å². The number of likely N-dealkylation sites (tertiary alicyclic amines) is 1. The average Bonchev–Trinajstić information content (AvgIpc) is 2.81. The summed E-state index contributed by atoms with van der Waals surface area (Å²) in [6, 6.07) is 7.16. The molecule has 2 heterocycles. The van der Waals surface area contributed by atoms with Crippen LogP contribution in [0.3, 0.4) is 0 Å². The van der Waals surface area contributed by atoms with Gasteiger partial charge >= 0.3 is 0 Å². The highest BCUT2D eigenvalue weighted by Gasteiger charge is 2.55. The predicted molar refractivity (Wildman–Crippen MR) is 142 cm³/mol. The Morgan fingerprint density at radius 3 is 2.59 bits per heavy atom. The van der Waals surface area contributed by atoms with Gasteiger partial charge in [-0.05, 0) is 58.1 Å². The molecule has 1 aliphatic heterocycles. The summed E-state index contributed by atoms with van der Waals surface area (Å²) in [5.41, 5.74) is 1.48. The Morgan fingerprint density at radius 2 is 1.94 bits per heavy atom. The third-order valence-electron chi connectivity index (χ3n) is 7.60. The molecule has 3 aliphatic rings. The SMILES string of the molecule is CCN=C(NC1CCN(Cc2ccccn2)CC1)NC1CC(OCC)C12CCCCC2.I. The normalized spacial score (nSPS) is 26.2. The largest absolute Gasteiger partial charge is 0.378 e. The van der Waals surface area contributed by atoms with E-state index in [1.165, 1.54) is 32.1 Å². The smallest absolute Gasteiger partial charge is 0.191 e. The molecule has 1 spiro atoms. The van der Waals surface area contributed by atoms with Crippen LogP contribution >= 0.6 is 24.0 Å². The summed E-state index contributed by atoms with van der Waals surface area (Å²) in [5, 5.41) is 7.60.